The Morgan fingerprint density at radius 1 is 1.09 bits per heavy atom. The molecule has 2 aromatic rings. The number of carboxylic acid groups (broad SMARTS) is 1. The van der Waals surface area contributed by atoms with Crippen molar-refractivity contribution in [3.05, 3.63) is 36.0 Å². The molecule has 32 heavy (non-hydrogen) atoms. The lowest BCUT2D eigenvalue weighted by Crippen LogP contribution is -2.45. The number of H-pyrrole nitrogens is 1. The molecule has 1 aromatic heterocycles. The third-order valence-electron chi connectivity index (χ3n) is 6.61. The maximum atomic E-state index is 12.7. The minimum absolute atomic E-state index is 0.0191. The summed E-state index contributed by atoms with van der Waals surface area (Å²) in [5, 5.41) is 14.2. The van der Waals surface area contributed by atoms with E-state index in [1.165, 1.54) is 12.8 Å². The number of aromatic nitrogens is 1. The Hall–Kier alpha value is -2.87. The minimum Gasteiger partial charge on any atom is -0.483 e. The molecule has 172 valence electrons. The second kappa shape index (κ2) is 10.2. The summed E-state index contributed by atoms with van der Waals surface area (Å²) in [6.07, 6.45) is 9.43. The molecule has 2 amide bonds. The fraction of sp³-hybridized carbons (Fsp3) is 0.542. The minimum atomic E-state index is -0.250. The zero-order valence-electron chi connectivity index (χ0n) is 18.3. The summed E-state index contributed by atoms with van der Waals surface area (Å²) in [5.74, 6) is 0.952. The first-order valence-corrected chi connectivity index (χ1v) is 11.6. The number of fused-ring (bicyclic) bond motifs is 1. The maximum absolute atomic E-state index is 12.7. The molecule has 1 saturated heterocycles. The van der Waals surface area contributed by atoms with Crippen molar-refractivity contribution >= 4 is 29.2 Å². The van der Waals surface area contributed by atoms with Crippen molar-refractivity contribution < 1.29 is 19.5 Å². The van der Waals surface area contributed by atoms with E-state index in [0.29, 0.717) is 36.7 Å². The van der Waals surface area contributed by atoms with Gasteiger partial charge in [-0.25, -0.2) is 0 Å². The number of carbonyl (C=O) groups excluding carboxylic acids is 2. The van der Waals surface area contributed by atoms with Gasteiger partial charge in [-0.3, -0.25) is 19.3 Å². The quantitative estimate of drug-likeness (QED) is 0.471. The van der Waals surface area contributed by atoms with Gasteiger partial charge in [0.15, 0.2) is 0 Å². The zero-order valence-corrected chi connectivity index (χ0v) is 18.3. The van der Waals surface area contributed by atoms with E-state index in [9.17, 15) is 9.59 Å². The topological polar surface area (TPSA) is 115 Å². The summed E-state index contributed by atoms with van der Waals surface area (Å²) in [6, 6.07) is 8.80. The van der Waals surface area contributed by atoms with Crippen LogP contribution in [-0.4, -0.2) is 64.5 Å². The Morgan fingerprint density at radius 2 is 1.84 bits per heavy atom. The number of likely N-dealkylation sites (tertiary alicyclic amines) is 1. The summed E-state index contributed by atoms with van der Waals surface area (Å²) < 4.78 is 0. The highest BCUT2D eigenvalue weighted by Gasteiger charge is 2.38. The Labute approximate surface area is 187 Å². The Kier molecular flexibility index (Phi) is 7.09. The summed E-state index contributed by atoms with van der Waals surface area (Å²) in [6.45, 7) is 1.47. The van der Waals surface area contributed by atoms with E-state index in [-0.39, 0.29) is 18.3 Å². The number of benzene rings is 1. The van der Waals surface area contributed by atoms with Gasteiger partial charge in [-0.05, 0) is 68.7 Å². The smallest absolute Gasteiger partial charge is 0.290 e. The third-order valence-corrected chi connectivity index (χ3v) is 6.61. The summed E-state index contributed by atoms with van der Waals surface area (Å²) in [7, 11) is 0. The van der Waals surface area contributed by atoms with Crippen LogP contribution in [0.3, 0.4) is 0 Å². The average Bonchev–Trinajstić information content (AvgIpc) is 3.68. The molecule has 8 heteroatoms. The molecule has 3 aliphatic rings. The van der Waals surface area contributed by atoms with Gasteiger partial charge >= 0.3 is 0 Å². The monoisotopic (exact) mass is 440 g/mol. The largest absolute Gasteiger partial charge is 0.483 e. The van der Waals surface area contributed by atoms with E-state index < -0.39 is 0 Å². The first-order chi connectivity index (χ1) is 15.6. The van der Waals surface area contributed by atoms with Crippen molar-refractivity contribution in [2.24, 2.45) is 5.92 Å². The van der Waals surface area contributed by atoms with Crippen LogP contribution >= 0.6 is 0 Å². The molecule has 0 radical (unpaired) electrons. The van der Waals surface area contributed by atoms with Gasteiger partial charge in [-0.1, -0.05) is 0 Å². The van der Waals surface area contributed by atoms with Crippen LogP contribution in [0.4, 0.5) is 0 Å². The number of rotatable bonds is 8. The van der Waals surface area contributed by atoms with Crippen LogP contribution in [0.15, 0.2) is 30.5 Å². The third kappa shape index (κ3) is 5.88. The van der Waals surface area contributed by atoms with Crippen molar-refractivity contribution in [3.8, 4) is 0 Å². The molecule has 2 aliphatic carbocycles. The second-order valence-electron chi connectivity index (χ2n) is 9.17. The molecule has 8 nitrogen and oxygen atoms in total. The standard InChI is InChI=1S/C23H30N4O2.CH2O2/c28-22(26-18-4-5-18)12-19-6-7-20(27(19)14-15-1-2-15)13-25-23(29)17-3-8-21-16(11-17)9-10-24-21;2-1-3/h3,8-11,15,18-20,24H,1-2,4-7,12-14H2,(H,25,29)(H,26,28);1H,(H,2,3)/t19-,20+;/m1./s1. The number of carbonyl (C=O) groups is 3. The van der Waals surface area contributed by atoms with Gasteiger partial charge in [0.05, 0.1) is 0 Å². The Balaban J connectivity index is 0.000000775. The van der Waals surface area contributed by atoms with E-state index in [1.54, 1.807) is 0 Å². The van der Waals surface area contributed by atoms with Gasteiger partial charge in [-0.2, -0.15) is 0 Å². The van der Waals surface area contributed by atoms with Crippen molar-refractivity contribution in [1.82, 2.24) is 20.5 Å². The number of aromatic amines is 1. The van der Waals surface area contributed by atoms with Crippen molar-refractivity contribution in [2.45, 2.75) is 63.1 Å². The number of amides is 2. The predicted molar refractivity (Wildman–Crippen MR) is 121 cm³/mol. The van der Waals surface area contributed by atoms with Crippen LogP contribution < -0.4 is 10.6 Å². The second-order valence-corrected chi connectivity index (χ2v) is 9.17. The molecule has 0 spiro atoms. The van der Waals surface area contributed by atoms with E-state index >= 15 is 0 Å². The van der Waals surface area contributed by atoms with Crippen molar-refractivity contribution in [2.75, 3.05) is 13.1 Å². The SMILES string of the molecule is O=C(C[C@H]1CC[C@@H](CNC(=O)c2ccc3[nH]ccc3c2)N1CC1CC1)NC1CC1.O=CO. The van der Waals surface area contributed by atoms with Crippen molar-refractivity contribution in [1.29, 1.82) is 0 Å². The van der Waals surface area contributed by atoms with Gasteiger partial charge in [0.25, 0.3) is 12.4 Å². The molecule has 4 N–H and O–H groups in total. The molecule has 2 atom stereocenters. The molecular weight excluding hydrogens is 408 g/mol. The number of hydrogen-bond donors (Lipinski definition) is 4. The van der Waals surface area contributed by atoms with Gasteiger partial charge in [0.1, 0.15) is 0 Å². The van der Waals surface area contributed by atoms with E-state index in [2.05, 4.69) is 20.5 Å². The highest BCUT2D eigenvalue weighted by molar-refractivity contribution is 5.98. The van der Waals surface area contributed by atoms with E-state index in [1.807, 2.05) is 30.5 Å². The van der Waals surface area contributed by atoms with Gasteiger partial charge in [0, 0.05) is 60.3 Å². The lowest BCUT2D eigenvalue weighted by molar-refractivity contribution is -0.123. The van der Waals surface area contributed by atoms with E-state index in [0.717, 1.165) is 49.0 Å². The number of nitrogens with one attached hydrogen (secondary N) is 3. The molecule has 1 aliphatic heterocycles. The van der Waals surface area contributed by atoms with Gasteiger partial charge < -0.3 is 20.7 Å². The molecule has 1 aromatic carbocycles. The predicted octanol–water partition coefficient (Wildman–Crippen LogP) is 2.51. The van der Waals surface area contributed by atoms with Crippen LogP contribution in [0.25, 0.3) is 10.9 Å². The zero-order chi connectivity index (χ0) is 22.5. The van der Waals surface area contributed by atoms with Crippen LogP contribution in [0.1, 0.15) is 55.3 Å². The summed E-state index contributed by atoms with van der Waals surface area (Å²) in [4.78, 5) is 39.1. The molecule has 5 rings (SSSR count). The van der Waals surface area contributed by atoms with Gasteiger partial charge in [-0.15, -0.1) is 0 Å². The first kappa shape index (κ1) is 22.3. The van der Waals surface area contributed by atoms with Crippen LogP contribution in [-0.2, 0) is 9.59 Å². The Bertz CT molecular complexity index is 950. The molecule has 2 heterocycles. The van der Waals surface area contributed by atoms with Crippen LogP contribution in [0, 0.1) is 5.92 Å². The van der Waals surface area contributed by atoms with Crippen molar-refractivity contribution in [3.63, 3.8) is 0 Å². The lowest BCUT2D eigenvalue weighted by atomic mass is 10.1. The molecule has 3 fully saturated rings. The lowest BCUT2D eigenvalue weighted by Gasteiger charge is -2.30. The molecular formula is C24H32N4O4. The highest BCUT2D eigenvalue weighted by atomic mass is 16.3. The molecule has 2 saturated carbocycles. The number of nitrogens with zero attached hydrogens (tertiary/aromatic N) is 1. The molecule has 0 bridgehead atoms. The molecule has 0 unspecified atom stereocenters. The van der Waals surface area contributed by atoms with Crippen LogP contribution in [0.5, 0.6) is 0 Å². The highest BCUT2D eigenvalue weighted by Crippen LogP contribution is 2.35. The normalized spacial score (nSPS) is 22.8. The first-order valence-electron chi connectivity index (χ1n) is 11.6. The van der Waals surface area contributed by atoms with E-state index in [4.69, 9.17) is 9.90 Å². The van der Waals surface area contributed by atoms with Gasteiger partial charge in [0.2, 0.25) is 5.91 Å². The fourth-order valence-corrected chi connectivity index (χ4v) is 4.59. The number of hydrogen-bond acceptors (Lipinski definition) is 4. The maximum Gasteiger partial charge on any atom is 0.290 e. The van der Waals surface area contributed by atoms with Crippen LogP contribution in [0.2, 0.25) is 0 Å². The Morgan fingerprint density at radius 3 is 2.56 bits per heavy atom. The summed E-state index contributed by atoms with van der Waals surface area (Å²) in [5.41, 5.74) is 1.74. The summed E-state index contributed by atoms with van der Waals surface area (Å²) >= 11 is 0. The average molecular weight is 441 g/mol. The fourth-order valence-electron chi connectivity index (χ4n) is 4.59.